The summed E-state index contributed by atoms with van der Waals surface area (Å²) in [5.74, 6) is 0.405. The molecule has 0 unspecified atom stereocenters. The fraction of sp³-hybridized carbons (Fsp3) is 0.611. The Balaban J connectivity index is 2.79. The van der Waals surface area contributed by atoms with Gasteiger partial charge in [-0.05, 0) is 43.4 Å². The highest BCUT2D eigenvalue weighted by atomic mass is 16.5. The normalized spacial score (nSPS) is 12.1. The Morgan fingerprint density at radius 3 is 2.09 bits per heavy atom. The van der Waals surface area contributed by atoms with Crippen LogP contribution in [-0.2, 0) is 14.9 Å². The number of rotatable bonds is 9. The van der Waals surface area contributed by atoms with Crippen LogP contribution in [0.5, 0.6) is 5.75 Å². The lowest BCUT2D eigenvalue weighted by Gasteiger charge is -2.33. The minimum atomic E-state index is -0.648. The highest BCUT2D eigenvalue weighted by molar-refractivity contribution is 5.76. The number of carbonyl (C=O) groups excluding carboxylic acids is 1. The van der Waals surface area contributed by atoms with Crippen LogP contribution in [0.15, 0.2) is 24.3 Å². The second-order valence-corrected chi connectivity index (χ2v) is 6.90. The first kappa shape index (κ1) is 19.5. The molecule has 0 aliphatic heterocycles. The Labute approximate surface area is 138 Å². The monoisotopic (exact) mass is 324 g/mol. The van der Waals surface area contributed by atoms with Crippen molar-refractivity contribution < 1.29 is 24.5 Å². The largest absolute Gasteiger partial charge is 0.491 e. The number of carbonyl (C=O) groups is 1. The summed E-state index contributed by atoms with van der Waals surface area (Å²) in [4.78, 5) is 12.1. The van der Waals surface area contributed by atoms with Crippen LogP contribution in [0.2, 0.25) is 0 Å². The van der Waals surface area contributed by atoms with Crippen LogP contribution < -0.4 is 4.74 Å². The van der Waals surface area contributed by atoms with Crippen molar-refractivity contribution in [1.29, 1.82) is 0 Å². The van der Waals surface area contributed by atoms with E-state index in [-0.39, 0.29) is 37.8 Å². The molecule has 1 rings (SSSR count). The lowest BCUT2D eigenvalue weighted by atomic mass is 9.71. The van der Waals surface area contributed by atoms with Gasteiger partial charge in [-0.3, -0.25) is 4.79 Å². The summed E-state index contributed by atoms with van der Waals surface area (Å²) in [7, 11) is 0. The fourth-order valence-electron chi connectivity index (χ4n) is 2.78. The molecule has 1 aromatic rings. The van der Waals surface area contributed by atoms with Crippen LogP contribution in [0.25, 0.3) is 0 Å². The molecule has 23 heavy (non-hydrogen) atoms. The molecule has 2 N–H and O–H groups in total. The maximum atomic E-state index is 12.1. The standard InChI is InChI=1S/C18H28O5/c1-17(2,13-18(3,4)16(21)23-12-10-20)14-5-7-15(8-6-14)22-11-9-19/h5-8,19-20H,9-13H2,1-4H3. The van der Waals surface area contributed by atoms with Crippen molar-refractivity contribution in [3.63, 3.8) is 0 Å². The summed E-state index contributed by atoms with van der Waals surface area (Å²) < 4.78 is 10.4. The molecule has 0 fully saturated rings. The van der Waals surface area contributed by atoms with Gasteiger partial charge in [-0.15, -0.1) is 0 Å². The van der Waals surface area contributed by atoms with Crippen molar-refractivity contribution in [3.8, 4) is 5.75 Å². The van der Waals surface area contributed by atoms with E-state index in [1.807, 2.05) is 38.1 Å². The van der Waals surface area contributed by atoms with Crippen LogP contribution in [0.4, 0.5) is 0 Å². The zero-order chi connectivity index (χ0) is 17.5. The van der Waals surface area contributed by atoms with E-state index in [0.717, 1.165) is 5.56 Å². The maximum absolute atomic E-state index is 12.1. The van der Waals surface area contributed by atoms with Crippen LogP contribution in [0.1, 0.15) is 39.7 Å². The van der Waals surface area contributed by atoms with Gasteiger partial charge in [0.05, 0.1) is 18.6 Å². The molecule has 0 spiro atoms. The van der Waals surface area contributed by atoms with Crippen molar-refractivity contribution >= 4 is 5.97 Å². The van der Waals surface area contributed by atoms with Crippen LogP contribution >= 0.6 is 0 Å². The zero-order valence-electron chi connectivity index (χ0n) is 14.5. The molecule has 0 atom stereocenters. The maximum Gasteiger partial charge on any atom is 0.311 e. The Bertz CT molecular complexity index is 491. The second-order valence-electron chi connectivity index (χ2n) is 6.90. The van der Waals surface area contributed by atoms with Gasteiger partial charge >= 0.3 is 5.97 Å². The molecule has 130 valence electrons. The first-order chi connectivity index (χ1) is 10.7. The summed E-state index contributed by atoms with van der Waals surface area (Å²) in [5.41, 5.74) is 0.221. The number of ether oxygens (including phenoxy) is 2. The molecule has 0 saturated heterocycles. The second kappa shape index (κ2) is 8.31. The predicted molar refractivity (Wildman–Crippen MR) is 88.5 cm³/mol. The minimum absolute atomic E-state index is 0.0165. The van der Waals surface area contributed by atoms with E-state index in [9.17, 15) is 4.79 Å². The molecule has 5 nitrogen and oxygen atoms in total. The summed E-state index contributed by atoms with van der Waals surface area (Å²) >= 11 is 0. The highest BCUT2D eigenvalue weighted by Crippen LogP contribution is 2.37. The SMILES string of the molecule is CC(C)(CC(C)(C)c1ccc(OCCO)cc1)C(=O)OCCO. The van der Waals surface area contributed by atoms with Crippen molar-refractivity contribution in [2.75, 3.05) is 26.4 Å². The lowest BCUT2D eigenvalue weighted by Crippen LogP contribution is -2.34. The van der Waals surface area contributed by atoms with Crippen LogP contribution in [-0.4, -0.2) is 42.6 Å². The summed E-state index contributed by atoms with van der Waals surface area (Å²) in [5, 5.41) is 17.5. The van der Waals surface area contributed by atoms with E-state index in [1.165, 1.54) is 0 Å². The minimum Gasteiger partial charge on any atom is -0.491 e. The van der Waals surface area contributed by atoms with Gasteiger partial charge in [0, 0.05) is 0 Å². The van der Waals surface area contributed by atoms with E-state index in [4.69, 9.17) is 19.7 Å². The lowest BCUT2D eigenvalue weighted by molar-refractivity contribution is -0.156. The highest BCUT2D eigenvalue weighted by Gasteiger charge is 2.36. The molecule has 0 aromatic heterocycles. The quantitative estimate of drug-likeness (QED) is 0.682. The van der Waals surface area contributed by atoms with Crippen molar-refractivity contribution in [2.24, 2.45) is 5.41 Å². The van der Waals surface area contributed by atoms with Crippen molar-refractivity contribution in [3.05, 3.63) is 29.8 Å². The molecule has 0 aliphatic carbocycles. The molecule has 0 amide bonds. The molecule has 5 heteroatoms. The Morgan fingerprint density at radius 1 is 1.00 bits per heavy atom. The van der Waals surface area contributed by atoms with E-state index in [2.05, 4.69) is 13.8 Å². The third-order valence-corrected chi connectivity index (χ3v) is 3.76. The van der Waals surface area contributed by atoms with Crippen molar-refractivity contribution in [2.45, 2.75) is 39.5 Å². The summed E-state index contributed by atoms with van der Waals surface area (Å²) in [6.07, 6.45) is 0.612. The van der Waals surface area contributed by atoms with Gasteiger partial charge in [-0.1, -0.05) is 26.0 Å². The van der Waals surface area contributed by atoms with E-state index >= 15 is 0 Å². The summed E-state index contributed by atoms with van der Waals surface area (Å²) in [6.45, 7) is 7.99. The fourth-order valence-corrected chi connectivity index (χ4v) is 2.78. The van der Waals surface area contributed by atoms with Crippen LogP contribution in [0, 0.1) is 5.41 Å². The molecule has 0 saturated carbocycles. The Morgan fingerprint density at radius 2 is 1.57 bits per heavy atom. The number of hydrogen-bond donors (Lipinski definition) is 2. The number of hydrogen-bond acceptors (Lipinski definition) is 5. The molecular weight excluding hydrogens is 296 g/mol. The van der Waals surface area contributed by atoms with Gasteiger partial charge in [0.15, 0.2) is 0 Å². The molecule has 0 heterocycles. The number of esters is 1. The van der Waals surface area contributed by atoms with Gasteiger partial charge in [-0.25, -0.2) is 0 Å². The number of aliphatic hydroxyl groups is 2. The van der Waals surface area contributed by atoms with Gasteiger partial charge in [0.1, 0.15) is 19.0 Å². The topological polar surface area (TPSA) is 76.0 Å². The molecule has 0 bridgehead atoms. The zero-order valence-corrected chi connectivity index (χ0v) is 14.5. The molecule has 1 aromatic carbocycles. The third-order valence-electron chi connectivity index (χ3n) is 3.76. The van der Waals surface area contributed by atoms with Gasteiger partial charge < -0.3 is 19.7 Å². The molecule has 0 aliphatic rings. The smallest absolute Gasteiger partial charge is 0.311 e. The number of aliphatic hydroxyl groups excluding tert-OH is 2. The first-order valence-electron chi connectivity index (χ1n) is 7.85. The Kier molecular flexibility index (Phi) is 7.03. The molecule has 0 radical (unpaired) electrons. The predicted octanol–water partition coefficient (Wildman–Crippen LogP) is 2.29. The number of benzene rings is 1. The van der Waals surface area contributed by atoms with E-state index < -0.39 is 5.41 Å². The summed E-state index contributed by atoms with van der Waals surface area (Å²) in [6, 6.07) is 7.68. The molecular formula is C18H28O5. The van der Waals surface area contributed by atoms with Crippen molar-refractivity contribution in [1.82, 2.24) is 0 Å². The van der Waals surface area contributed by atoms with Gasteiger partial charge in [0.2, 0.25) is 0 Å². The average Bonchev–Trinajstić information content (AvgIpc) is 2.49. The van der Waals surface area contributed by atoms with Gasteiger partial charge in [-0.2, -0.15) is 0 Å². The van der Waals surface area contributed by atoms with Crippen LogP contribution in [0.3, 0.4) is 0 Å². The van der Waals surface area contributed by atoms with E-state index in [0.29, 0.717) is 12.2 Å². The van der Waals surface area contributed by atoms with E-state index in [1.54, 1.807) is 0 Å². The van der Waals surface area contributed by atoms with Gasteiger partial charge in [0.25, 0.3) is 0 Å². The Hall–Kier alpha value is -1.59. The average molecular weight is 324 g/mol. The third kappa shape index (κ3) is 5.84. The first-order valence-corrected chi connectivity index (χ1v) is 7.85.